The Labute approximate surface area is 175 Å². The summed E-state index contributed by atoms with van der Waals surface area (Å²) in [6.45, 7) is 7.46. The van der Waals surface area contributed by atoms with Gasteiger partial charge in [0.25, 0.3) is 0 Å². The van der Waals surface area contributed by atoms with Gasteiger partial charge in [0.2, 0.25) is 0 Å². The average molecular weight is 422 g/mol. The average Bonchev–Trinajstić information content (AvgIpc) is 2.72. The van der Waals surface area contributed by atoms with E-state index in [-0.39, 0.29) is 6.61 Å². The largest absolute Gasteiger partial charge is 0.491 e. The summed E-state index contributed by atoms with van der Waals surface area (Å²) in [6.07, 6.45) is -4.97. The number of benzene rings is 2. The van der Waals surface area contributed by atoms with Crippen LogP contribution in [-0.4, -0.2) is 55.4 Å². The summed E-state index contributed by atoms with van der Waals surface area (Å²) >= 11 is 0. The van der Waals surface area contributed by atoms with Gasteiger partial charge in [-0.15, -0.1) is 0 Å². The maximum atomic E-state index is 12.9. The third kappa shape index (κ3) is 5.89. The summed E-state index contributed by atoms with van der Waals surface area (Å²) in [5.74, 6) is 1.13. The molecule has 4 nitrogen and oxygen atoms in total. The number of rotatable bonds is 7. The second-order valence-corrected chi connectivity index (χ2v) is 7.99. The highest BCUT2D eigenvalue weighted by atomic mass is 19.4. The minimum absolute atomic E-state index is 0.206. The Balaban J connectivity index is 1.48. The quantitative estimate of drug-likeness (QED) is 0.718. The van der Waals surface area contributed by atoms with Crippen molar-refractivity contribution >= 4 is 5.69 Å². The number of para-hydroxylation sites is 1. The molecule has 3 rings (SSSR count). The maximum absolute atomic E-state index is 12.9. The molecule has 0 aromatic heterocycles. The van der Waals surface area contributed by atoms with Crippen molar-refractivity contribution in [2.45, 2.75) is 32.0 Å². The standard InChI is InChI=1S/C23H29F3N2O2/c1-17(2)21-8-3-4-9-22(21)30-16-20(29)15-27-10-12-28(13-11-27)19-7-5-6-18(14-19)23(24,25)26/h3-9,14,17,20,29H,10-13,15-16H2,1-2H3/t20-/m1/s1. The highest BCUT2D eigenvalue weighted by Gasteiger charge is 2.31. The van der Waals surface area contributed by atoms with Crippen molar-refractivity contribution < 1.29 is 23.0 Å². The van der Waals surface area contributed by atoms with Gasteiger partial charge >= 0.3 is 6.18 Å². The van der Waals surface area contributed by atoms with Crippen LogP contribution in [0.3, 0.4) is 0 Å². The summed E-state index contributed by atoms with van der Waals surface area (Å²) in [4.78, 5) is 4.07. The molecule has 0 aliphatic carbocycles. The first-order chi connectivity index (χ1) is 14.2. The number of aliphatic hydroxyl groups is 1. The third-order valence-corrected chi connectivity index (χ3v) is 5.35. The Kier molecular flexibility index (Phi) is 7.26. The molecule has 164 valence electrons. The number of hydrogen-bond donors (Lipinski definition) is 1. The number of nitrogens with zero attached hydrogens (tertiary/aromatic N) is 2. The monoisotopic (exact) mass is 422 g/mol. The van der Waals surface area contributed by atoms with Gasteiger partial charge in [0.1, 0.15) is 18.5 Å². The molecule has 0 saturated carbocycles. The van der Waals surface area contributed by atoms with Gasteiger partial charge in [-0.1, -0.05) is 38.1 Å². The Morgan fingerprint density at radius 1 is 1.00 bits per heavy atom. The lowest BCUT2D eigenvalue weighted by Gasteiger charge is -2.37. The van der Waals surface area contributed by atoms with Gasteiger partial charge in [0, 0.05) is 38.4 Å². The smallest absolute Gasteiger partial charge is 0.416 e. The van der Waals surface area contributed by atoms with Gasteiger partial charge in [0.05, 0.1) is 5.56 Å². The fraction of sp³-hybridized carbons (Fsp3) is 0.478. The van der Waals surface area contributed by atoms with Gasteiger partial charge in [0.15, 0.2) is 0 Å². The molecular weight excluding hydrogens is 393 g/mol. The first-order valence-electron chi connectivity index (χ1n) is 10.3. The molecule has 1 N–H and O–H groups in total. The van der Waals surface area contributed by atoms with Crippen LogP contribution in [-0.2, 0) is 6.18 Å². The zero-order valence-electron chi connectivity index (χ0n) is 17.4. The molecule has 2 aromatic carbocycles. The molecule has 0 bridgehead atoms. The van der Waals surface area contributed by atoms with Gasteiger partial charge in [-0.2, -0.15) is 13.2 Å². The van der Waals surface area contributed by atoms with E-state index < -0.39 is 17.8 Å². The van der Waals surface area contributed by atoms with E-state index >= 15 is 0 Å². The summed E-state index contributed by atoms with van der Waals surface area (Å²) in [5, 5.41) is 10.4. The number of piperazine rings is 1. The lowest BCUT2D eigenvalue weighted by Crippen LogP contribution is -2.49. The number of halogens is 3. The molecule has 0 amide bonds. The van der Waals surface area contributed by atoms with Gasteiger partial charge in [-0.05, 0) is 35.7 Å². The van der Waals surface area contributed by atoms with Crippen LogP contribution in [0.2, 0.25) is 0 Å². The summed E-state index contributed by atoms with van der Waals surface area (Å²) < 4.78 is 44.7. The Hall–Kier alpha value is -2.25. The topological polar surface area (TPSA) is 35.9 Å². The number of alkyl halides is 3. The summed E-state index contributed by atoms with van der Waals surface area (Å²) in [7, 11) is 0. The van der Waals surface area contributed by atoms with E-state index in [9.17, 15) is 18.3 Å². The fourth-order valence-corrected chi connectivity index (χ4v) is 3.69. The predicted molar refractivity (Wildman–Crippen MR) is 112 cm³/mol. The van der Waals surface area contributed by atoms with Crippen LogP contribution in [0, 0.1) is 0 Å². The summed E-state index contributed by atoms with van der Waals surface area (Å²) in [6, 6.07) is 13.3. The highest BCUT2D eigenvalue weighted by molar-refractivity contribution is 5.49. The Morgan fingerprint density at radius 2 is 1.70 bits per heavy atom. The van der Waals surface area contributed by atoms with E-state index in [1.807, 2.05) is 29.2 Å². The zero-order chi connectivity index (χ0) is 21.7. The van der Waals surface area contributed by atoms with Crippen LogP contribution in [0.15, 0.2) is 48.5 Å². The van der Waals surface area contributed by atoms with Crippen molar-refractivity contribution in [1.29, 1.82) is 0 Å². The molecule has 0 spiro atoms. The Morgan fingerprint density at radius 3 is 2.37 bits per heavy atom. The van der Waals surface area contributed by atoms with Crippen LogP contribution in [0.25, 0.3) is 0 Å². The van der Waals surface area contributed by atoms with Gasteiger partial charge in [-0.3, -0.25) is 4.90 Å². The van der Waals surface area contributed by atoms with E-state index in [0.717, 1.165) is 17.4 Å². The Bertz CT molecular complexity index is 818. The minimum atomic E-state index is -4.34. The molecule has 1 aliphatic heterocycles. The highest BCUT2D eigenvalue weighted by Crippen LogP contribution is 2.32. The lowest BCUT2D eigenvalue weighted by molar-refractivity contribution is -0.137. The molecule has 30 heavy (non-hydrogen) atoms. The summed E-state index contributed by atoms with van der Waals surface area (Å²) in [5.41, 5.74) is 1.06. The molecular formula is C23H29F3N2O2. The van der Waals surface area contributed by atoms with Gasteiger partial charge in [-0.25, -0.2) is 0 Å². The van der Waals surface area contributed by atoms with Crippen LogP contribution < -0.4 is 9.64 Å². The van der Waals surface area contributed by atoms with Crippen molar-refractivity contribution in [3.05, 3.63) is 59.7 Å². The van der Waals surface area contributed by atoms with E-state index in [4.69, 9.17) is 4.74 Å². The molecule has 2 aromatic rings. The second kappa shape index (κ2) is 9.71. The van der Waals surface area contributed by atoms with Crippen LogP contribution in [0.1, 0.15) is 30.9 Å². The fourth-order valence-electron chi connectivity index (χ4n) is 3.69. The van der Waals surface area contributed by atoms with E-state index in [2.05, 4.69) is 18.7 Å². The maximum Gasteiger partial charge on any atom is 0.416 e. The van der Waals surface area contributed by atoms with Crippen molar-refractivity contribution in [3.63, 3.8) is 0 Å². The van der Waals surface area contributed by atoms with E-state index in [1.165, 1.54) is 12.1 Å². The molecule has 1 atom stereocenters. The van der Waals surface area contributed by atoms with Crippen molar-refractivity contribution in [3.8, 4) is 5.75 Å². The first kappa shape index (κ1) is 22.4. The van der Waals surface area contributed by atoms with E-state index in [0.29, 0.717) is 44.3 Å². The van der Waals surface area contributed by atoms with E-state index in [1.54, 1.807) is 6.07 Å². The minimum Gasteiger partial charge on any atom is -0.491 e. The molecule has 1 fully saturated rings. The molecule has 1 heterocycles. The molecule has 1 aliphatic rings. The number of anilines is 1. The van der Waals surface area contributed by atoms with Crippen molar-refractivity contribution in [2.75, 3.05) is 44.2 Å². The number of hydrogen-bond acceptors (Lipinski definition) is 4. The lowest BCUT2D eigenvalue weighted by atomic mass is 10.0. The van der Waals surface area contributed by atoms with Crippen LogP contribution in [0.5, 0.6) is 5.75 Å². The second-order valence-electron chi connectivity index (χ2n) is 7.99. The number of β-amino-alcohol motifs (C(OH)–C–C–N with tert-alkyl or cyclic N) is 1. The SMILES string of the molecule is CC(C)c1ccccc1OC[C@H](O)CN1CCN(c2cccc(C(F)(F)F)c2)CC1. The first-order valence-corrected chi connectivity index (χ1v) is 10.3. The van der Waals surface area contributed by atoms with Crippen molar-refractivity contribution in [1.82, 2.24) is 4.90 Å². The van der Waals surface area contributed by atoms with Crippen LogP contribution >= 0.6 is 0 Å². The predicted octanol–water partition coefficient (Wildman–Crippen LogP) is 4.39. The zero-order valence-corrected chi connectivity index (χ0v) is 17.4. The van der Waals surface area contributed by atoms with Gasteiger partial charge < -0.3 is 14.7 Å². The number of ether oxygens (including phenoxy) is 1. The van der Waals surface area contributed by atoms with Crippen LogP contribution in [0.4, 0.5) is 18.9 Å². The molecule has 1 saturated heterocycles. The van der Waals surface area contributed by atoms with Crippen molar-refractivity contribution in [2.24, 2.45) is 0 Å². The molecule has 7 heteroatoms. The molecule has 0 unspecified atom stereocenters. The molecule has 0 radical (unpaired) electrons. The number of aliphatic hydroxyl groups excluding tert-OH is 1. The third-order valence-electron chi connectivity index (χ3n) is 5.35. The normalized spacial score (nSPS) is 16.7.